The first-order valence-corrected chi connectivity index (χ1v) is 8.45. The Kier molecular flexibility index (Phi) is 4.50. The lowest BCUT2D eigenvalue weighted by Crippen LogP contribution is -2.18. The molecule has 0 spiro atoms. The van der Waals surface area contributed by atoms with Crippen molar-refractivity contribution in [3.8, 4) is 0 Å². The highest BCUT2D eigenvalue weighted by atomic mass is 32.2. The normalized spacial score (nSPS) is 11.6. The Hall–Kier alpha value is -1.64. The molecule has 0 amide bonds. The van der Waals surface area contributed by atoms with E-state index >= 15 is 0 Å². The first-order valence-electron chi connectivity index (χ1n) is 6.15. The minimum Gasteiger partial charge on any atom is -0.398 e. The summed E-state index contributed by atoms with van der Waals surface area (Å²) < 4.78 is 25.9. The zero-order valence-electron chi connectivity index (χ0n) is 11.9. The number of nitrogens with two attached hydrogens (primary N) is 1. The van der Waals surface area contributed by atoms with E-state index in [9.17, 15) is 8.42 Å². The summed E-state index contributed by atoms with van der Waals surface area (Å²) in [5.74, 6) is 0. The van der Waals surface area contributed by atoms with Gasteiger partial charge in [0, 0.05) is 22.0 Å². The van der Waals surface area contributed by atoms with Crippen LogP contribution in [-0.4, -0.2) is 25.4 Å². The van der Waals surface area contributed by atoms with Crippen molar-refractivity contribution in [1.82, 2.24) is 14.7 Å². The molecule has 0 fully saturated rings. The van der Waals surface area contributed by atoms with Gasteiger partial charge in [-0.1, -0.05) is 0 Å². The van der Waals surface area contributed by atoms with Crippen molar-refractivity contribution in [2.45, 2.75) is 28.8 Å². The lowest BCUT2D eigenvalue weighted by atomic mass is 10.3. The van der Waals surface area contributed by atoms with E-state index in [0.717, 1.165) is 11.4 Å². The van der Waals surface area contributed by atoms with Gasteiger partial charge in [0.1, 0.15) is 0 Å². The van der Waals surface area contributed by atoms with Gasteiger partial charge in [-0.3, -0.25) is 0 Å². The van der Waals surface area contributed by atoms with Gasteiger partial charge in [0.2, 0.25) is 10.0 Å². The second kappa shape index (κ2) is 6.00. The van der Waals surface area contributed by atoms with Crippen LogP contribution in [0.4, 0.5) is 5.69 Å². The van der Waals surface area contributed by atoms with Crippen LogP contribution in [0, 0.1) is 13.8 Å². The van der Waals surface area contributed by atoms with Gasteiger partial charge in [-0.2, -0.15) is 0 Å². The molecule has 2 aromatic rings. The van der Waals surface area contributed by atoms with Crippen molar-refractivity contribution in [3.05, 3.63) is 35.7 Å². The summed E-state index contributed by atoms with van der Waals surface area (Å²) in [4.78, 5) is 9.39. The molecule has 0 saturated carbocycles. The molecule has 6 nitrogen and oxygen atoms in total. The predicted molar refractivity (Wildman–Crippen MR) is 82.7 cm³/mol. The average molecular weight is 324 g/mol. The van der Waals surface area contributed by atoms with Crippen LogP contribution < -0.4 is 10.5 Å². The van der Waals surface area contributed by atoms with Crippen LogP contribution in [-0.2, 0) is 10.0 Å². The molecule has 0 atom stereocenters. The number of benzene rings is 1. The molecule has 0 aliphatic rings. The molecule has 112 valence electrons. The van der Waals surface area contributed by atoms with Crippen LogP contribution in [0.3, 0.4) is 0 Å². The maximum absolute atomic E-state index is 11.8. The van der Waals surface area contributed by atoms with Crippen molar-refractivity contribution in [2.24, 2.45) is 0 Å². The molecular weight excluding hydrogens is 308 g/mol. The minimum atomic E-state index is -3.51. The Balaban J connectivity index is 2.42. The molecule has 0 saturated heterocycles. The molecule has 3 N–H and O–H groups in total. The van der Waals surface area contributed by atoms with Crippen molar-refractivity contribution in [3.63, 3.8) is 0 Å². The standard InChI is InChI=1S/C13H16N4O2S2/c1-8-6-9(2)17-13(16-8)20-12-7-10(4-5-11(12)14)21(18,19)15-3/h4-7,15H,14H2,1-3H3. The maximum atomic E-state index is 11.8. The fourth-order valence-electron chi connectivity index (χ4n) is 1.73. The van der Waals surface area contributed by atoms with Gasteiger partial charge in [-0.05, 0) is 56.9 Å². The molecule has 1 heterocycles. The lowest BCUT2D eigenvalue weighted by molar-refractivity contribution is 0.588. The van der Waals surface area contributed by atoms with Crippen LogP contribution in [0.2, 0.25) is 0 Å². The van der Waals surface area contributed by atoms with Gasteiger partial charge in [-0.25, -0.2) is 23.1 Å². The zero-order valence-corrected chi connectivity index (χ0v) is 13.5. The molecule has 2 rings (SSSR count). The molecule has 1 aromatic carbocycles. The highest BCUT2D eigenvalue weighted by molar-refractivity contribution is 7.99. The average Bonchev–Trinajstić information content (AvgIpc) is 2.40. The molecule has 0 radical (unpaired) electrons. The molecular formula is C13H16N4O2S2. The quantitative estimate of drug-likeness (QED) is 0.656. The fraction of sp³-hybridized carbons (Fsp3) is 0.231. The summed E-state index contributed by atoms with van der Waals surface area (Å²) >= 11 is 1.24. The van der Waals surface area contributed by atoms with Gasteiger partial charge < -0.3 is 5.73 Å². The number of nitrogens with one attached hydrogen (secondary N) is 1. The number of nitrogens with zero attached hydrogens (tertiary/aromatic N) is 2. The second-order valence-corrected chi connectivity index (χ2v) is 7.34. The van der Waals surface area contributed by atoms with Crippen LogP contribution in [0.15, 0.2) is 39.2 Å². The fourth-order valence-corrected chi connectivity index (χ4v) is 3.50. The summed E-state index contributed by atoms with van der Waals surface area (Å²) in [5, 5.41) is 0.540. The van der Waals surface area contributed by atoms with E-state index in [4.69, 9.17) is 5.73 Å². The number of hydrogen-bond acceptors (Lipinski definition) is 6. The smallest absolute Gasteiger partial charge is 0.240 e. The van der Waals surface area contributed by atoms with E-state index in [-0.39, 0.29) is 4.90 Å². The Morgan fingerprint density at radius 3 is 2.33 bits per heavy atom. The van der Waals surface area contributed by atoms with Gasteiger partial charge in [-0.15, -0.1) is 0 Å². The van der Waals surface area contributed by atoms with E-state index in [2.05, 4.69) is 14.7 Å². The monoisotopic (exact) mass is 324 g/mol. The number of aromatic nitrogens is 2. The van der Waals surface area contributed by atoms with Crippen molar-refractivity contribution >= 4 is 27.5 Å². The lowest BCUT2D eigenvalue weighted by Gasteiger charge is -2.08. The van der Waals surface area contributed by atoms with E-state index < -0.39 is 10.0 Å². The number of nitrogen functional groups attached to an aromatic ring is 1. The SMILES string of the molecule is CNS(=O)(=O)c1ccc(N)c(Sc2nc(C)cc(C)n2)c1. The third-order valence-electron chi connectivity index (χ3n) is 2.73. The zero-order chi connectivity index (χ0) is 15.6. The van der Waals surface area contributed by atoms with E-state index in [1.165, 1.54) is 30.9 Å². The number of hydrogen-bond donors (Lipinski definition) is 2. The van der Waals surface area contributed by atoms with Crippen LogP contribution in [0.25, 0.3) is 0 Å². The summed E-state index contributed by atoms with van der Waals surface area (Å²) in [6.45, 7) is 3.76. The summed E-state index contributed by atoms with van der Waals surface area (Å²) in [6, 6.07) is 6.42. The number of sulfonamides is 1. The largest absolute Gasteiger partial charge is 0.398 e. The van der Waals surface area contributed by atoms with Crippen LogP contribution in [0.5, 0.6) is 0 Å². The topological polar surface area (TPSA) is 98.0 Å². The van der Waals surface area contributed by atoms with Gasteiger partial charge in [0.05, 0.1) is 4.90 Å². The summed E-state index contributed by atoms with van der Waals surface area (Å²) in [5.41, 5.74) is 8.09. The first-order chi connectivity index (χ1) is 9.81. The summed E-state index contributed by atoms with van der Waals surface area (Å²) in [6.07, 6.45) is 0. The highest BCUT2D eigenvalue weighted by Crippen LogP contribution is 2.32. The Labute approximate surface area is 128 Å². The Bertz CT molecular complexity index is 755. The third-order valence-corrected chi connectivity index (χ3v) is 5.08. The van der Waals surface area contributed by atoms with Gasteiger partial charge >= 0.3 is 0 Å². The maximum Gasteiger partial charge on any atom is 0.240 e. The molecule has 0 bridgehead atoms. The Morgan fingerprint density at radius 2 is 1.76 bits per heavy atom. The first kappa shape index (κ1) is 15.7. The highest BCUT2D eigenvalue weighted by Gasteiger charge is 2.14. The van der Waals surface area contributed by atoms with E-state index in [1.807, 2.05) is 19.9 Å². The number of aryl methyl sites for hydroxylation is 2. The molecule has 0 aliphatic heterocycles. The van der Waals surface area contributed by atoms with Gasteiger partial charge in [0.15, 0.2) is 5.16 Å². The van der Waals surface area contributed by atoms with E-state index in [0.29, 0.717) is 15.7 Å². The summed E-state index contributed by atoms with van der Waals surface area (Å²) in [7, 11) is -2.14. The van der Waals surface area contributed by atoms with Crippen molar-refractivity contribution in [1.29, 1.82) is 0 Å². The van der Waals surface area contributed by atoms with E-state index in [1.54, 1.807) is 6.07 Å². The Morgan fingerprint density at radius 1 is 1.14 bits per heavy atom. The number of rotatable bonds is 4. The van der Waals surface area contributed by atoms with Gasteiger partial charge in [0.25, 0.3) is 0 Å². The van der Waals surface area contributed by atoms with Crippen LogP contribution in [0.1, 0.15) is 11.4 Å². The number of anilines is 1. The second-order valence-electron chi connectivity index (χ2n) is 4.44. The predicted octanol–water partition coefficient (Wildman–Crippen LogP) is 1.73. The molecule has 8 heteroatoms. The molecule has 0 aliphatic carbocycles. The minimum absolute atomic E-state index is 0.158. The van der Waals surface area contributed by atoms with Crippen molar-refractivity contribution in [2.75, 3.05) is 12.8 Å². The van der Waals surface area contributed by atoms with Crippen LogP contribution >= 0.6 is 11.8 Å². The third kappa shape index (κ3) is 3.72. The molecule has 0 unspecified atom stereocenters. The molecule has 21 heavy (non-hydrogen) atoms. The molecule has 1 aromatic heterocycles. The van der Waals surface area contributed by atoms with Crippen molar-refractivity contribution < 1.29 is 8.42 Å².